The summed E-state index contributed by atoms with van der Waals surface area (Å²) in [6.07, 6.45) is 5.94. The smallest absolute Gasteiger partial charge is 0.281 e. The van der Waals surface area contributed by atoms with E-state index in [-0.39, 0.29) is 11.8 Å². The molecule has 0 spiro atoms. The maximum Gasteiger partial charge on any atom is 0.281 e. The molecule has 1 heterocycles. The number of piperidine rings is 1. The lowest BCUT2D eigenvalue weighted by Crippen LogP contribution is -2.50. The Morgan fingerprint density at radius 3 is 2.21 bits per heavy atom. The molecule has 0 aromatic carbocycles. The monoisotopic (exact) mass is 359 g/mol. The van der Waals surface area contributed by atoms with Crippen LogP contribution >= 0.6 is 0 Å². The molecule has 0 radical (unpaired) electrons. The summed E-state index contributed by atoms with van der Waals surface area (Å²) >= 11 is 0. The fraction of sp³-hybridized carbons (Fsp3) is 0.941. The van der Waals surface area contributed by atoms with E-state index in [4.69, 9.17) is 0 Å². The first kappa shape index (κ1) is 19.7. The summed E-state index contributed by atoms with van der Waals surface area (Å²) in [7, 11) is -3.37. The molecule has 24 heavy (non-hydrogen) atoms. The molecule has 1 aliphatic heterocycles. The number of carbonyl (C=O) groups excluding carboxylic acids is 1. The van der Waals surface area contributed by atoms with Gasteiger partial charge in [-0.2, -0.15) is 17.0 Å². The molecule has 2 unspecified atom stereocenters. The van der Waals surface area contributed by atoms with Crippen LogP contribution in [0.1, 0.15) is 59.3 Å². The molecule has 1 aliphatic carbocycles. The van der Waals surface area contributed by atoms with Crippen molar-refractivity contribution < 1.29 is 13.2 Å². The number of hydrogen-bond donors (Lipinski definition) is 1. The zero-order valence-corrected chi connectivity index (χ0v) is 16.1. The van der Waals surface area contributed by atoms with Gasteiger partial charge in [-0.05, 0) is 31.6 Å². The summed E-state index contributed by atoms with van der Waals surface area (Å²) in [6, 6.07) is 0.295. The highest BCUT2D eigenvalue weighted by Gasteiger charge is 2.34. The van der Waals surface area contributed by atoms with Crippen molar-refractivity contribution in [3.8, 4) is 0 Å². The molecule has 2 fully saturated rings. The molecular weight excluding hydrogens is 326 g/mol. The van der Waals surface area contributed by atoms with E-state index in [1.54, 1.807) is 0 Å². The second kappa shape index (κ2) is 8.63. The van der Waals surface area contributed by atoms with Crippen LogP contribution in [0.3, 0.4) is 0 Å². The molecule has 0 aromatic heterocycles. The van der Waals surface area contributed by atoms with Crippen LogP contribution in [0, 0.1) is 11.8 Å². The van der Waals surface area contributed by atoms with Crippen molar-refractivity contribution in [3.63, 3.8) is 0 Å². The molecule has 1 amide bonds. The molecule has 0 bridgehead atoms. The zero-order chi connectivity index (χ0) is 17.7. The topological polar surface area (TPSA) is 69.7 Å². The fourth-order valence-corrected chi connectivity index (χ4v) is 5.54. The third-order valence-corrected chi connectivity index (χ3v) is 7.81. The maximum atomic E-state index is 12.5. The molecule has 2 aliphatic rings. The first-order valence-corrected chi connectivity index (χ1v) is 10.8. The summed E-state index contributed by atoms with van der Waals surface area (Å²) < 4.78 is 28.1. The van der Waals surface area contributed by atoms with Crippen LogP contribution in [0.4, 0.5) is 0 Å². The molecule has 1 N–H and O–H groups in total. The molecule has 0 aromatic rings. The first-order valence-electron chi connectivity index (χ1n) is 9.45. The predicted molar refractivity (Wildman–Crippen MR) is 95.7 cm³/mol. The normalized spacial score (nSPS) is 27.3. The van der Waals surface area contributed by atoms with E-state index < -0.39 is 10.2 Å². The van der Waals surface area contributed by atoms with Gasteiger partial charge in [0.2, 0.25) is 5.91 Å². The Bertz CT molecular complexity index is 511. The van der Waals surface area contributed by atoms with Gasteiger partial charge in [0, 0.05) is 38.1 Å². The van der Waals surface area contributed by atoms with Crippen molar-refractivity contribution in [3.05, 3.63) is 0 Å². The molecule has 140 valence electrons. The third-order valence-electron chi connectivity index (χ3n) is 5.62. The second-order valence-electron chi connectivity index (χ2n) is 7.14. The van der Waals surface area contributed by atoms with Crippen LogP contribution in [-0.2, 0) is 15.0 Å². The average molecular weight is 360 g/mol. The summed E-state index contributed by atoms with van der Waals surface area (Å²) in [4.78, 5) is 12.5. The standard InChI is InChI=1S/C17H33N3O3S/c1-4-19(5-2)24(22,23)20-12-10-15(11-13-20)17(21)18-16-9-7-6-8-14(16)3/h14-16H,4-13H2,1-3H3,(H,18,21). The van der Waals surface area contributed by atoms with E-state index in [9.17, 15) is 13.2 Å². The van der Waals surface area contributed by atoms with Gasteiger partial charge >= 0.3 is 0 Å². The van der Waals surface area contributed by atoms with Crippen molar-refractivity contribution >= 4 is 16.1 Å². The molecule has 1 saturated carbocycles. The van der Waals surface area contributed by atoms with Crippen LogP contribution in [0.2, 0.25) is 0 Å². The largest absolute Gasteiger partial charge is 0.353 e. The van der Waals surface area contributed by atoms with Crippen molar-refractivity contribution in [1.82, 2.24) is 13.9 Å². The first-order chi connectivity index (χ1) is 11.4. The van der Waals surface area contributed by atoms with Gasteiger partial charge in [-0.25, -0.2) is 0 Å². The third kappa shape index (κ3) is 4.49. The number of nitrogens with zero attached hydrogens (tertiary/aromatic N) is 2. The van der Waals surface area contributed by atoms with Gasteiger partial charge in [-0.15, -0.1) is 0 Å². The molecule has 6 nitrogen and oxygen atoms in total. The average Bonchev–Trinajstić information content (AvgIpc) is 2.58. The second-order valence-corrected chi connectivity index (χ2v) is 9.07. The summed E-state index contributed by atoms with van der Waals surface area (Å²) in [5.41, 5.74) is 0. The van der Waals surface area contributed by atoms with Gasteiger partial charge in [0.1, 0.15) is 0 Å². The van der Waals surface area contributed by atoms with Crippen molar-refractivity contribution in [1.29, 1.82) is 0 Å². The lowest BCUT2D eigenvalue weighted by molar-refractivity contribution is -0.127. The lowest BCUT2D eigenvalue weighted by Gasteiger charge is -2.35. The number of nitrogens with one attached hydrogen (secondary N) is 1. The highest BCUT2D eigenvalue weighted by atomic mass is 32.2. The van der Waals surface area contributed by atoms with Gasteiger partial charge in [-0.1, -0.05) is 33.6 Å². The Balaban J connectivity index is 1.86. The minimum atomic E-state index is -3.37. The van der Waals surface area contributed by atoms with Crippen molar-refractivity contribution in [2.45, 2.75) is 65.3 Å². The van der Waals surface area contributed by atoms with Gasteiger partial charge in [0.25, 0.3) is 10.2 Å². The molecular formula is C17H33N3O3S. The Kier molecular flexibility index (Phi) is 7.07. The molecule has 2 atom stereocenters. The van der Waals surface area contributed by atoms with Crippen LogP contribution in [0.25, 0.3) is 0 Å². The van der Waals surface area contributed by atoms with Crippen LogP contribution in [0.5, 0.6) is 0 Å². The van der Waals surface area contributed by atoms with Gasteiger partial charge < -0.3 is 5.32 Å². The van der Waals surface area contributed by atoms with E-state index in [2.05, 4.69) is 12.2 Å². The van der Waals surface area contributed by atoms with Crippen LogP contribution in [0.15, 0.2) is 0 Å². The van der Waals surface area contributed by atoms with E-state index in [0.29, 0.717) is 51.0 Å². The van der Waals surface area contributed by atoms with Crippen LogP contribution in [-0.4, -0.2) is 55.2 Å². The lowest BCUT2D eigenvalue weighted by atomic mass is 9.85. The van der Waals surface area contributed by atoms with E-state index in [1.807, 2.05) is 13.8 Å². The number of amides is 1. The minimum Gasteiger partial charge on any atom is -0.353 e. The molecule has 1 saturated heterocycles. The molecule has 2 rings (SSSR count). The fourth-order valence-electron chi connectivity index (χ4n) is 3.89. The quantitative estimate of drug-likeness (QED) is 0.788. The van der Waals surface area contributed by atoms with E-state index in [0.717, 1.165) is 6.42 Å². The van der Waals surface area contributed by atoms with Crippen LogP contribution < -0.4 is 5.32 Å². The number of hydrogen-bond acceptors (Lipinski definition) is 3. The van der Waals surface area contributed by atoms with Gasteiger partial charge in [0.15, 0.2) is 0 Å². The Morgan fingerprint density at radius 1 is 1.08 bits per heavy atom. The Labute approximate surface area is 147 Å². The van der Waals surface area contributed by atoms with E-state index in [1.165, 1.54) is 27.9 Å². The Morgan fingerprint density at radius 2 is 1.67 bits per heavy atom. The highest BCUT2D eigenvalue weighted by molar-refractivity contribution is 7.86. The zero-order valence-electron chi connectivity index (χ0n) is 15.3. The number of carbonyl (C=O) groups is 1. The number of rotatable bonds is 6. The maximum absolute atomic E-state index is 12.5. The Hall–Kier alpha value is -0.660. The van der Waals surface area contributed by atoms with Crippen molar-refractivity contribution in [2.75, 3.05) is 26.2 Å². The molecule has 7 heteroatoms. The van der Waals surface area contributed by atoms with Gasteiger partial charge in [0.05, 0.1) is 0 Å². The summed E-state index contributed by atoms with van der Waals surface area (Å²) in [5, 5.41) is 3.22. The van der Waals surface area contributed by atoms with Crippen molar-refractivity contribution in [2.24, 2.45) is 11.8 Å². The summed E-state index contributed by atoms with van der Waals surface area (Å²) in [5.74, 6) is 0.613. The predicted octanol–water partition coefficient (Wildman–Crippen LogP) is 1.98. The van der Waals surface area contributed by atoms with E-state index >= 15 is 0 Å². The highest BCUT2D eigenvalue weighted by Crippen LogP contribution is 2.26. The summed E-state index contributed by atoms with van der Waals surface area (Å²) in [6.45, 7) is 7.77. The minimum absolute atomic E-state index is 0.0534. The van der Waals surface area contributed by atoms with Gasteiger partial charge in [-0.3, -0.25) is 4.79 Å². The SMILES string of the molecule is CCN(CC)S(=O)(=O)N1CCC(C(=O)NC2CCCCC2C)CC1.